The molecule has 414 valence electrons. The molecule has 0 aliphatic rings. The van der Waals surface area contributed by atoms with Gasteiger partial charge in [-0.05, 0) is 0 Å². The van der Waals surface area contributed by atoms with Crippen molar-refractivity contribution in [3.05, 3.63) is 325 Å². The molecule has 13 aromatic rings. The summed E-state index contributed by atoms with van der Waals surface area (Å²) >= 11 is 0. The molecule has 0 amide bonds. The van der Waals surface area contributed by atoms with Gasteiger partial charge in [-0.3, -0.25) is 0 Å². The molecule has 0 saturated carbocycles. The molecule has 0 N–H and O–H groups in total. The van der Waals surface area contributed by atoms with E-state index in [-0.39, 0.29) is 102 Å². The van der Waals surface area contributed by atoms with Gasteiger partial charge in [0.2, 0.25) is 0 Å². The molecular formula is C78H54Fe6. The maximum absolute atomic E-state index is 6.19. The fourth-order valence-corrected chi connectivity index (χ4v) is 8.87. The third-order valence-electron chi connectivity index (χ3n) is 12.3. The minimum Gasteiger partial charge on any atom is -0.214 e. The molecule has 0 aromatic heterocycles. The van der Waals surface area contributed by atoms with Gasteiger partial charge in [-0.15, -0.1) is 143 Å². The fraction of sp³-hybridized carbons (Fsp3) is 0. The van der Waals surface area contributed by atoms with Gasteiger partial charge in [0.25, 0.3) is 0 Å². The summed E-state index contributed by atoms with van der Waals surface area (Å²) in [6, 6.07) is 95.6. The summed E-state index contributed by atoms with van der Waals surface area (Å²) < 4.78 is 0. The van der Waals surface area contributed by atoms with Crippen LogP contribution in [-0.4, -0.2) is 0 Å². The first-order valence-corrected chi connectivity index (χ1v) is 25.2. The van der Waals surface area contributed by atoms with Gasteiger partial charge in [0.05, 0.1) is 0 Å². The average molecular weight is 1330 g/mol. The van der Waals surface area contributed by atoms with E-state index in [1.165, 1.54) is 0 Å². The molecule has 0 bridgehead atoms. The standard InChI is InChI=1S/C48H24.6C5H5.6Fe/c1-7-31-19-13-25-37(31)43-44(38-26-14-20-32(38)8-2)46(40-28-16-22-34(40)10-4)48(42-30-18-24-36(42)12-6)47(41-29-17-23-35(41)11-5)45(43)39-27-15-21-33(39)9-3;6*1-2-4-5-3-1;;;;;;/h1-6,13-30H;6*1-5H;;;;;;/q-6;6*-1;6*+2. The van der Waals surface area contributed by atoms with E-state index in [1.54, 1.807) is 0 Å². The normalized spacial score (nSPS) is 8.79. The first-order chi connectivity index (χ1) is 38.6. The Balaban J connectivity index is 0.000000789. The molecule has 0 spiro atoms. The zero-order valence-corrected chi connectivity index (χ0v) is 51.9. The second-order valence-corrected chi connectivity index (χ2v) is 17.0. The minimum atomic E-state index is 0. The van der Waals surface area contributed by atoms with Gasteiger partial charge in [-0.25, -0.2) is 72.8 Å². The Kier molecular flexibility index (Phi) is 36.1. The van der Waals surface area contributed by atoms with Gasteiger partial charge in [0, 0.05) is 0 Å². The maximum Gasteiger partial charge on any atom is 2.00 e. The summed E-state index contributed by atoms with van der Waals surface area (Å²) in [5, 5.41) is 0. The molecule has 0 saturated heterocycles. The zero-order chi connectivity index (χ0) is 54.6. The molecule has 0 heterocycles. The molecule has 0 radical (unpaired) electrons. The van der Waals surface area contributed by atoms with Crippen LogP contribution in [0.4, 0.5) is 0 Å². The minimum absolute atomic E-state index is 0. The van der Waals surface area contributed by atoms with E-state index in [0.717, 1.165) is 100 Å². The van der Waals surface area contributed by atoms with E-state index in [4.69, 9.17) is 38.5 Å². The van der Waals surface area contributed by atoms with Crippen molar-refractivity contribution in [3.8, 4) is 141 Å². The van der Waals surface area contributed by atoms with Crippen molar-refractivity contribution >= 4 is 0 Å². The van der Waals surface area contributed by atoms with Crippen LogP contribution < -0.4 is 0 Å². The van der Waals surface area contributed by atoms with E-state index < -0.39 is 0 Å². The maximum atomic E-state index is 6.19. The van der Waals surface area contributed by atoms with E-state index >= 15 is 0 Å². The van der Waals surface area contributed by atoms with Crippen LogP contribution in [0.1, 0.15) is 33.4 Å². The largest absolute Gasteiger partial charge is 2.00 e. The molecule has 0 aliphatic heterocycles. The van der Waals surface area contributed by atoms with Crippen LogP contribution in [0.2, 0.25) is 0 Å². The Morgan fingerprint density at radius 3 is 0.405 bits per heavy atom. The molecule has 0 fully saturated rings. The summed E-state index contributed by atoms with van der Waals surface area (Å²) in [5.74, 6) is 17.5. The summed E-state index contributed by atoms with van der Waals surface area (Å²) in [6.07, 6.45) is 37.2. The van der Waals surface area contributed by atoms with Gasteiger partial charge >= 0.3 is 102 Å². The second kappa shape index (κ2) is 41.0. The second-order valence-electron chi connectivity index (χ2n) is 17.0. The predicted octanol–water partition coefficient (Wildman–Crippen LogP) is 18.3. The zero-order valence-electron chi connectivity index (χ0n) is 45.3. The van der Waals surface area contributed by atoms with Crippen molar-refractivity contribution < 1.29 is 102 Å². The van der Waals surface area contributed by atoms with E-state index in [1.807, 2.05) is 291 Å². The van der Waals surface area contributed by atoms with Crippen molar-refractivity contribution in [2.45, 2.75) is 0 Å². The molecule has 13 rings (SSSR count). The van der Waals surface area contributed by atoms with Gasteiger partial charge < -0.3 is 0 Å². The van der Waals surface area contributed by atoms with Crippen molar-refractivity contribution in [3.63, 3.8) is 0 Å². The van der Waals surface area contributed by atoms with Crippen LogP contribution in [0.3, 0.4) is 0 Å². The first kappa shape index (κ1) is 73.9. The molecule has 84 heavy (non-hydrogen) atoms. The monoisotopic (exact) mass is 1330 g/mol. The van der Waals surface area contributed by atoms with Crippen molar-refractivity contribution in [1.29, 1.82) is 0 Å². The van der Waals surface area contributed by atoms with Gasteiger partial charge in [-0.2, -0.15) is 217 Å². The van der Waals surface area contributed by atoms with Gasteiger partial charge in [0.1, 0.15) is 0 Å². The summed E-state index contributed by atoms with van der Waals surface area (Å²) in [6.45, 7) is 0. The summed E-state index contributed by atoms with van der Waals surface area (Å²) in [4.78, 5) is 0. The number of benzene rings is 1. The van der Waals surface area contributed by atoms with Crippen LogP contribution >= 0.6 is 0 Å². The summed E-state index contributed by atoms with van der Waals surface area (Å²) in [7, 11) is 0. The molecular weight excluding hydrogens is 1270 g/mol. The quantitative estimate of drug-likeness (QED) is 0.0884. The topological polar surface area (TPSA) is 0 Å². The van der Waals surface area contributed by atoms with Crippen LogP contribution in [0.5, 0.6) is 0 Å². The van der Waals surface area contributed by atoms with E-state index in [2.05, 4.69) is 35.5 Å². The molecule has 13 aromatic carbocycles. The Labute approximate surface area is 562 Å². The fourth-order valence-electron chi connectivity index (χ4n) is 8.87. The predicted molar refractivity (Wildman–Crippen MR) is 332 cm³/mol. The SMILES string of the molecule is C#Cc1ccc[c-]1-c1c(-[c-]2cccc2C#C)c(-[c-]2cccc2C#C)c(-[c-]2cccc2C#C)c(-[c-]2cccc2C#C)c1-[c-]1cccc1C#C.[Fe+2].[Fe+2].[Fe+2].[Fe+2].[Fe+2].[Fe+2].c1cc[cH-]c1.c1cc[cH-]c1.c1cc[cH-]c1.c1cc[cH-]c1.c1cc[cH-]c1.c1cc[cH-]c1. The van der Waals surface area contributed by atoms with Crippen LogP contribution in [0, 0.1) is 74.1 Å². The van der Waals surface area contributed by atoms with E-state index in [0.29, 0.717) is 0 Å². The van der Waals surface area contributed by atoms with Crippen molar-refractivity contribution in [2.75, 3.05) is 0 Å². The molecule has 0 nitrogen and oxygen atoms in total. The Hall–Kier alpha value is -8.10. The van der Waals surface area contributed by atoms with Crippen molar-refractivity contribution in [2.24, 2.45) is 0 Å². The third-order valence-corrected chi connectivity index (χ3v) is 12.3. The Bertz CT molecular complexity index is 3160. The number of terminal acetylenes is 6. The average Bonchev–Trinajstić information content (AvgIpc) is 2.06. The molecule has 0 unspecified atom stereocenters. The Morgan fingerprint density at radius 2 is 0.321 bits per heavy atom. The Morgan fingerprint density at radius 1 is 0.202 bits per heavy atom. The summed E-state index contributed by atoms with van der Waals surface area (Å²) in [5.41, 5.74) is 14.7. The number of rotatable bonds is 6. The van der Waals surface area contributed by atoms with Crippen LogP contribution in [-0.2, 0) is 102 Å². The molecule has 6 heteroatoms. The van der Waals surface area contributed by atoms with Gasteiger partial charge in [-0.1, -0.05) is 33.4 Å². The van der Waals surface area contributed by atoms with Gasteiger partial charge in [0.15, 0.2) is 0 Å². The van der Waals surface area contributed by atoms with Crippen LogP contribution in [0.25, 0.3) is 66.8 Å². The van der Waals surface area contributed by atoms with E-state index in [9.17, 15) is 0 Å². The molecule has 0 aliphatic carbocycles. The molecule has 0 atom stereocenters. The van der Waals surface area contributed by atoms with Crippen LogP contribution in [0.15, 0.2) is 291 Å². The van der Waals surface area contributed by atoms with Crippen molar-refractivity contribution in [1.82, 2.24) is 0 Å². The third kappa shape index (κ3) is 19.5. The number of hydrogen-bond donors (Lipinski definition) is 0. The number of hydrogen-bond acceptors (Lipinski definition) is 0. The first-order valence-electron chi connectivity index (χ1n) is 25.2. The smallest absolute Gasteiger partial charge is 0.214 e.